The van der Waals surface area contributed by atoms with Gasteiger partial charge in [-0.2, -0.15) is 0 Å². The van der Waals surface area contributed by atoms with Crippen LogP contribution in [0.15, 0.2) is 11.6 Å². The molecule has 1 nitrogen and oxygen atoms in total. The fourth-order valence-electron chi connectivity index (χ4n) is 1.60. The van der Waals surface area contributed by atoms with Crippen molar-refractivity contribution in [2.24, 2.45) is 5.92 Å². The standard InChI is InChI=1S/C12H22O/c1-5-8-10(4)9-12(13)11(6-2)7-3/h6,10H,5,7-9H2,1-4H3. The van der Waals surface area contributed by atoms with Gasteiger partial charge in [-0.1, -0.05) is 39.7 Å². The summed E-state index contributed by atoms with van der Waals surface area (Å²) in [5, 5.41) is 0. The molecule has 0 amide bonds. The summed E-state index contributed by atoms with van der Waals surface area (Å²) in [6.07, 6.45) is 5.87. The summed E-state index contributed by atoms with van der Waals surface area (Å²) in [7, 11) is 0. The highest BCUT2D eigenvalue weighted by Crippen LogP contribution is 2.14. The third-order valence-corrected chi connectivity index (χ3v) is 2.40. The third-order valence-electron chi connectivity index (χ3n) is 2.40. The first-order chi connectivity index (χ1) is 6.15. The zero-order chi connectivity index (χ0) is 10.3. The van der Waals surface area contributed by atoms with Gasteiger partial charge in [-0.3, -0.25) is 4.79 Å². The van der Waals surface area contributed by atoms with E-state index in [2.05, 4.69) is 13.8 Å². The summed E-state index contributed by atoms with van der Waals surface area (Å²) in [6, 6.07) is 0. The van der Waals surface area contributed by atoms with E-state index in [-0.39, 0.29) is 0 Å². The van der Waals surface area contributed by atoms with Crippen LogP contribution in [-0.4, -0.2) is 5.78 Å². The van der Waals surface area contributed by atoms with Crippen molar-refractivity contribution in [3.63, 3.8) is 0 Å². The fourth-order valence-corrected chi connectivity index (χ4v) is 1.60. The maximum Gasteiger partial charge on any atom is 0.158 e. The number of hydrogen-bond acceptors (Lipinski definition) is 1. The molecule has 0 N–H and O–H groups in total. The Labute approximate surface area is 82.2 Å². The van der Waals surface area contributed by atoms with E-state index in [4.69, 9.17) is 0 Å². The third kappa shape index (κ3) is 4.87. The minimum absolute atomic E-state index is 0.339. The molecule has 0 aromatic rings. The topological polar surface area (TPSA) is 17.1 Å². The van der Waals surface area contributed by atoms with Crippen LogP contribution in [0.5, 0.6) is 0 Å². The van der Waals surface area contributed by atoms with E-state index >= 15 is 0 Å². The number of carbonyl (C=O) groups excluding carboxylic acids is 1. The first-order valence-corrected chi connectivity index (χ1v) is 5.34. The molecule has 0 aliphatic carbocycles. The van der Waals surface area contributed by atoms with Crippen molar-refractivity contribution in [1.82, 2.24) is 0 Å². The largest absolute Gasteiger partial charge is 0.295 e. The molecule has 0 aliphatic heterocycles. The van der Waals surface area contributed by atoms with Gasteiger partial charge in [-0.15, -0.1) is 0 Å². The lowest BCUT2D eigenvalue weighted by Gasteiger charge is -2.09. The number of carbonyl (C=O) groups is 1. The molecule has 0 spiro atoms. The van der Waals surface area contributed by atoms with E-state index in [9.17, 15) is 4.79 Å². The number of Topliss-reactive ketones (excluding diaryl/α,β-unsaturated/α-hetero) is 1. The molecular formula is C12H22O. The number of ketones is 1. The van der Waals surface area contributed by atoms with E-state index < -0.39 is 0 Å². The Morgan fingerprint density at radius 2 is 2.00 bits per heavy atom. The molecule has 0 aliphatic rings. The van der Waals surface area contributed by atoms with Gasteiger partial charge >= 0.3 is 0 Å². The second-order valence-corrected chi connectivity index (χ2v) is 3.69. The molecule has 0 saturated heterocycles. The number of hydrogen-bond donors (Lipinski definition) is 0. The zero-order valence-corrected chi connectivity index (χ0v) is 9.39. The predicted molar refractivity (Wildman–Crippen MR) is 57.7 cm³/mol. The highest BCUT2D eigenvalue weighted by Gasteiger charge is 2.10. The van der Waals surface area contributed by atoms with Crippen molar-refractivity contribution in [3.8, 4) is 0 Å². The molecule has 1 atom stereocenters. The van der Waals surface area contributed by atoms with Gasteiger partial charge in [0.25, 0.3) is 0 Å². The molecule has 13 heavy (non-hydrogen) atoms. The SMILES string of the molecule is CC=C(CC)C(=O)CC(C)CCC. The van der Waals surface area contributed by atoms with Gasteiger partial charge < -0.3 is 0 Å². The monoisotopic (exact) mass is 182 g/mol. The average molecular weight is 182 g/mol. The summed E-state index contributed by atoms with van der Waals surface area (Å²) in [5.41, 5.74) is 0.989. The quantitative estimate of drug-likeness (QED) is 0.572. The van der Waals surface area contributed by atoms with Crippen molar-refractivity contribution in [2.45, 2.75) is 53.4 Å². The van der Waals surface area contributed by atoms with Crippen LogP contribution in [0.1, 0.15) is 53.4 Å². The lowest BCUT2D eigenvalue weighted by Crippen LogP contribution is -2.07. The molecular weight excluding hydrogens is 160 g/mol. The lowest BCUT2D eigenvalue weighted by molar-refractivity contribution is -0.116. The Morgan fingerprint density at radius 3 is 2.38 bits per heavy atom. The van der Waals surface area contributed by atoms with Crippen LogP contribution in [0.3, 0.4) is 0 Å². The first-order valence-electron chi connectivity index (χ1n) is 5.34. The van der Waals surface area contributed by atoms with Crippen molar-refractivity contribution >= 4 is 5.78 Å². The molecule has 0 bridgehead atoms. The van der Waals surface area contributed by atoms with Crippen molar-refractivity contribution in [3.05, 3.63) is 11.6 Å². The summed E-state index contributed by atoms with van der Waals surface area (Å²) in [6.45, 7) is 8.31. The van der Waals surface area contributed by atoms with Gasteiger partial charge in [0, 0.05) is 6.42 Å². The van der Waals surface area contributed by atoms with Crippen molar-refractivity contribution in [2.75, 3.05) is 0 Å². The maximum atomic E-state index is 11.6. The van der Waals surface area contributed by atoms with Gasteiger partial charge in [0.2, 0.25) is 0 Å². The van der Waals surface area contributed by atoms with E-state index in [1.807, 2.05) is 19.9 Å². The van der Waals surface area contributed by atoms with Crippen LogP contribution < -0.4 is 0 Å². The molecule has 0 aromatic heterocycles. The van der Waals surface area contributed by atoms with Crippen molar-refractivity contribution in [1.29, 1.82) is 0 Å². The molecule has 76 valence electrons. The van der Waals surface area contributed by atoms with Gasteiger partial charge in [0.05, 0.1) is 0 Å². The average Bonchev–Trinajstić information content (AvgIpc) is 2.06. The van der Waals surface area contributed by atoms with Crippen LogP contribution in [0.2, 0.25) is 0 Å². The van der Waals surface area contributed by atoms with E-state index in [0.29, 0.717) is 11.7 Å². The van der Waals surface area contributed by atoms with Crippen LogP contribution in [0.4, 0.5) is 0 Å². The highest BCUT2D eigenvalue weighted by atomic mass is 16.1. The molecule has 1 unspecified atom stereocenters. The van der Waals surface area contributed by atoms with Crippen LogP contribution >= 0.6 is 0 Å². The van der Waals surface area contributed by atoms with E-state index in [0.717, 1.165) is 24.8 Å². The summed E-state index contributed by atoms with van der Waals surface area (Å²) in [4.78, 5) is 11.6. The Hall–Kier alpha value is -0.590. The van der Waals surface area contributed by atoms with Gasteiger partial charge in [-0.25, -0.2) is 0 Å². The molecule has 0 heterocycles. The lowest BCUT2D eigenvalue weighted by atomic mass is 9.95. The molecule has 0 radical (unpaired) electrons. The van der Waals surface area contributed by atoms with Gasteiger partial charge in [-0.05, 0) is 24.8 Å². The van der Waals surface area contributed by atoms with Crippen LogP contribution in [0.25, 0.3) is 0 Å². The van der Waals surface area contributed by atoms with Gasteiger partial charge in [0.15, 0.2) is 5.78 Å². The molecule has 0 aromatic carbocycles. The highest BCUT2D eigenvalue weighted by molar-refractivity contribution is 5.95. The zero-order valence-electron chi connectivity index (χ0n) is 9.39. The van der Waals surface area contributed by atoms with E-state index in [1.165, 1.54) is 6.42 Å². The number of allylic oxidation sites excluding steroid dienone is 2. The summed E-state index contributed by atoms with van der Waals surface area (Å²) >= 11 is 0. The molecule has 1 heteroatoms. The molecule has 0 fully saturated rings. The van der Waals surface area contributed by atoms with Gasteiger partial charge in [0.1, 0.15) is 0 Å². The first kappa shape index (κ1) is 12.4. The van der Waals surface area contributed by atoms with Crippen LogP contribution in [0, 0.1) is 5.92 Å². The molecule has 0 saturated carbocycles. The predicted octanol–water partition coefficient (Wildman–Crippen LogP) is 3.74. The van der Waals surface area contributed by atoms with Crippen molar-refractivity contribution < 1.29 is 4.79 Å². The maximum absolute atomic E-state index is 11.6. The number of rotatable bonds is 6. The van der Waals surface area contributed by atoms with Crippen LogP contribution in [-0.2, 0) is 4.79 Å². The summed E-state index contributed by atoms with van der Waals surface area (Å²) < 4.78 is 0. The normalized spacial score (nSPS) is 14.3. The Balaban J connectivity index is 3.99. The summed E-state index contributed by atoms with van der Waals surface area (Å²) in [5.74, 6) is 0.880. The molecule has 0 rings (SSSR count). The second kappa shape index (κ2) is 6.88. The second-order valence-electron chi connectivity index (χ2n) is 3.69. The Kier molecular flexibility index (Phi) is 6.56. The minimum atomic E-state index is 0.339. The Bertz CT molecular complexity index is 180. The fraction of sp³-hybridized carbons (Fsp3) is 0.750. The minimum Gasteiger partial charge on any atom is -0.295 e. The Morgan fingerprint density at radius 1 is 1.38 bits per heavy atom. The smallest absolute Gasteiger partial charge is 0.158 e. The van der Waals surface area contributed by atoms with E-state index in [1.54, 1.807) is 0 Å².